The first-order valence-corrected chi connectivity index (χ1v) is 15.1. The van der Waals surface area contributed by atoms with E-state index < -0.39 is 18.3 Å². The third kappa shape index (κ3) is 7.84. The van der Waals surface area contributed by atoms with Crippen molar-refractivity contribution in [2.45, 2.75) is 42.8 Å². The molecule has 0 unspecified atom stereocenters. The predicted molar refractivity (Wildman–Crippen MR) is 159 cm³/mol. The second-order valence-corrected chi connectivity index (χ2v) is 11.6. The zero-order valence-corrected chi connectivity index (χ0v) is 24.1. The van der Waals surface area contributed by atoms with Crippen molar-refractivity contribution >= 4 is 51.0 Å². The normalized spacial score (nSPS) is 18.6. The Bertz CT molecular complexity index is 1430. The number of nitrogens with zero attached hydrogens (tertiary/aromatic N) is 1. The molecule has 3 aromatic carbocycles. The molecule has 1 aliphatic rings. The van der Waals surface area contributed by atoms with E-state index in [0.717, 1.165) is 31.2 Å². The van der Waals surface area contributed by atoms with Gasteiger partial charge >= 0.3 is 12.0 Å². The molecule has 9 nitrogen and oxygen atoms in total. The number of thiazole rings is 1. The molecule has 1 fully saturated rings. The van der Waals surface area contributed by atoms with Crippen LogP contribution in [0.15, 0.2) is 77.1 Å². The minimum atomic E-state index is -0.612. The summed E-state index contributed by atoms with van der Waals surface area (Å²) in [4.78, 5) is 28.3. The summed E-state index contributed by atoms with van der Waals surface area (Å²) in [5.74, 6) is 0.214. The summed E-state index contributed by atoms with van der Waals surface area (Å²) in [6, 6.07) is 22.6. The standard InChI is InChI=1S/C30H31N3O6S2/c1-2-37-27(35)16-31-29(36)32-22-13-11-21(12-14-22)28-38-23(15-25(39-28)20-9-7-19(17-34)8-10-20)18-40-30-33-24-5-3-4-6-26(24)41-30/h3-14,23,25,28,34H,2,15-18H2,1H3,(H2,31,32,36)/t23-,25+,28+/m1/s1. The minimum absolute atomic E-state index is 0.0137. The second kappa shape index (κ2) is 13.9. The number of esters is 1. The molecule has 1 aromatic heterocycles. The molecule has 5 rings (SSSR count). The summed E-state index contributed by atoms with van der Waals surface area (Å²) in [6.07, 6.45) is -0.236. The number of amides is 2. The molecular weight excluding hydrogens is 562 g/mol. The van der Waals surface area contributed by atoms with Crippen molar-refractivity contribution in [3.05, 3.63) is 89.5 Å². The van der Waals surface area contributed by atoms with E-state index in [9.17, 15) is 14.7 Å². The van der Waals surface area contributed by atoms with E-state index in [0.29, 0.717) is 17.9 Å². The number of hydrogen-bond donors (Lipinski definition) is 3. The van der Waals surface area contributed by atoms with Crippen LogP contribution in [0.5, 0.6) is 0 Å². The number of carbonyl (C=O) groups excluding carboxylic acids is 2. The van der Waals surface area contributed by atoms with Crippen LogP contribution in [0.25, 0.3) is 10.2 Å². The number of urea groups is 1. The van der Waals surface area contributed by atoms with E-state index in [1.807, 2.05) is 54.6 Å². The van der Waals surface area contributed by atoms with Gasteiger partial charge in [-0.1, -0.05) is 60.3 Å². The molecule has 3 atom stereocenters. The van der Waals surface area contributed by atoms with Gasteiger partial charge in [-0.15, -0.1) is 11.3 Å². The molecule has 0 saturated carbocycles. The maximum Gasteiger partial charge on any atom is 0.325 e. The number of para-hydroxylation sites is 1. The van der Waals surface area contributed by atoms with Gasteiger partial charge in [0.25, 0.3) is 0 Å². The van der Waals surface area contributed by atoms with Gasteiger partial charge in [0.1, 0.15) is 6.54 Å². The van der Waals surface area contributed by atoms with E-state index in [2.05, 4.69) is 16.7 Å². The van der Waals surface area contributed by atoms with Crippen molar-refractivity contribution in [1.29, 1.82) is 0 Å². The lowest BCUT2D eigenvalue weighted by molar-refractivity contribution is -0.245. The minimum Gasteiger partial charge on any atom is -0.465 e. The van der Waals surface area contributed by atoms with Crippen LogP contribution in [-0.2, 0) is 25.6 Å². The summed E-state index contributed by atoms with van der Waals surface area (Å²) in [5, 5.41) is 14.6. The Morgan fingerprint density at radius 1 is 1.05 bits per heavy atom. The van der Waals surface area contributed by atoms with Crippen LogP contribution in [-0.4, -0.2) is 47.1 Å². The number of rotatable bonds is 10. The summed E-state index contributed by atoms with van der Waals surface area (Å²) < 4.78 is 19.8. The Morgan fingerprint density at radius 3 is 2.54 bits per heavy atom. The van der Waals surface area contributed by atoms with E-state index in [4.69, 9.17) is 19.2 Å². The third-order valence-corrected chi connectivity index (χ3v) is 8.73. The van der Waals surface area contributed by atoms with Crippen LogP contribution in [0.4, 0.5) is 10.5 Å². The average Bonchev–Trinajstić information content (AvgIpc) is 3.43. The molecule has 4 aromatic rings. The molecular formula is C30H31N3O6S2. The highest BCUT2D eigenvalue weighted by Crippen LogP contribution is 2.40. The highest BCUT2D eigenvalue weighted by molar-refractivity contribution is 8.01. The third-order valence-electron chi connectivity index (χ3n) is 6.42. The molecule has 214 valence electrons. The summed E-state index contributed by atoms with van der Waals surface area (Å²) in [5.41, 5.74) is 4.23. The fraction of sp³-hybridized carbons (Fsp3) is 0.300. The SMILES string of the molecule is CCOC(=O)CNC(=O)Nc1ccc([C@H]2O[C@@H](CSc3nc4ccccc4s3)C[C@@H](c3ccc(CO)cc3)O2)cc1. The lowest BCUT2D eigenvalue weighted by Crippen LogP contribution is -2.34. The second-order valence-electron chi connectivity index (χ2n) is 9.34. The maximum absolute atomic E-state index is 12.1. The first-order valence-electron chi connectivity index (χ1n) is 13.3. The van der Waals surface area contributed by atoms with Crippen molar-refractivity contribution in [2.75, 3.05) is 24.2 Å². The Labute approximate surface area is 246 Å². The fourth-order valence-corrected chi connectivity index (χ4v) is 6.48. The molecule has 1 aliphatic heterocycles. The quantitative estimate of drug-likeness (QED) is 0.156. The molecule has 0 bridgehead atoms. The molecule has 3 N–H and O–H groups in total. The number of aromatic nitrogens is 1. The number of carbonyl (C=O) groups is 2. The number of benzene rings is 3. The Balaban J connectivity index is 1.26. The number of thioether (sulfide) groups is 1. The van der Waals surface area contributed by atoms with Gasteiger partial charge in [0, 0.05) is 23.4 Å². The number of hydrogen-bond acceptors (Lipinski definition) is 9. The molecule has 2 heterocycles. The number of nitrogens with one attached hydrogen (secondary N) is 2. The first kappa shape index (κ1) is 29.0. The molecule has 2 amide bonds. The Hall–Kier alpha value is -3.48. The van der Waals surface area contributed by atoms with Gasteiger partial charge in [-0.05, 0) is 42.3 Å². The fourth-order valence-electron chi connectivity index (χ4n) is 4.36. The van der Waals surface area contributed by atoms with Crippen LogP contribution >= 0.6 is 23.1 Å². The van der Waals surface area contributed by atoms with E-state index >= 15 is 0 Å². The van der Waals surface area contributed by atoms with Gasteiger partial charge in [-0.3, -0.25) is 4.79 Å². The maximum atomic E-state index is 12.1. The van der Waals surface area contributed by atoms with Gasteiger partial charge in [0.2, 0.25) is 0 Å². The van der Waals surface area contributed by atoms with E-state index in [-0.39, 0.29) is 32.0 Å². The van der Waals surface area contributed by atoms with Crippen LogP contribution in [0.3, 0.4) is 0 Å². The van der Waals surface area contributed by atoms with Crippen molar-refractivity contribution in [3.8, 4) is 0 Å². The topological polar surface area (TPSA) is 119 Å². The Kier molecular flexibility index (Phi) is 9.86. The predicted octanol–water partition coefficient (Wildman–Crippen LogP) is 5.81. The summed E-state index contributed by atoms with van der Waals surface area (Å²) >= 11 is 3.35. The van der Waals surface area contributed by atoms with Crippen molar-refractivity contribution in [3.63, 3.8) is 0 Å². The zero-order valence-electron chi connectivity index (χ0n) is 22.4. The van der Waals surface area contributed by atoms with Crippen LogP contribution < -0.4 is 10.6 Å². The molecule has 11 heteroatoms. The van der Waals surface area contributed by atoms with Crippen molar-refractivity contribution < 1.29 is 28.9 Å². The number of ether oxygens (including phenoxy) is 3. The van der Waals surface area contributed by atoms with Gasteiger partial charge in [0.15, 0.2) is 10.6 Å². The van der Waals surface area contributed by atoms with E-state index in [1.165, 1.54) is 0 Å². The van der Waals surface area contributed by atoms with Gasteiger partial charge in [0.05, 0.1) is 35.6 Å². The van der Waals surface area contributed by atoms with Crippen LogP contribution in [0, 0.1) is 0 Å². The van der Waals surface area contributed by atoms with Crippen LogP contribution in [0.2, 0.25) is 0 Å². The highest BCUT2D eigenvalue weighted by atomic mass is 32.2. The van der Waals surface area contributed by atoms with E-state index in [1.54, 1.807) is 42.2 Å². The van der Waals surface area contributed by atoms with Gasteiger partial charge in [-0.25, -0.2) is 9.78 Å². The lowest BCUT2D eigenvalue weighted by Gasteiger charge is -2.36. The average molecular weight is 594 g/mol. The largest absolute Gasteiger partial charge is 0.465 e. The monoisotopic (exact) mass is 593 g/mol. The first-order chi connectivity index (χ1) is 20.0. The van der Waals surface area contributed by atoms with Crippen molar-refractivity contribution in [2.24, 2.45) is 0 Å². The Morgan fingerprint density at radius 2 is 1.80 bits per heavy atom. The molecule has 0 aliphatic carbocycles. The summed E-state index contributed by atoms with van der Waals surface area (Å²) in [7, 11) is 0. The molecule has 41 heavy (non-hydrogen) atoms. The van der Waals surface area contributed by atoms with Gasteiger partial charge < -0.3 is 30.0 Å². The summed E-state index contributed by atoms with van der Waals surface area (Å²) in [6.45, 7) is 1.74. The molecule has 0 spiro atoms. The number of fused-ring (bicyclic) bond motifs is 1. The van der Waals surface area contributed by atoms with Gasteiger partial charge in [-0.2, -0.15) is 0 Å². The number of aliphatic hydroxyl groups excluding tert-OH is 1. The zero-order chi connectivity index (χ0) is 28.6. The molecule has 1 saturated heterocycles. The lowest BCUT2D eigenvalue weighted by atomic mass is 10.0. The number of anilines is 1. The molecule has 0 radical (unpaired) electrons. The van der Waals surface area contributed by atoms with Crippen LogP contribution in [0.1, 0.15) is 42.4 Å². The highest BCUT2D eigenvalue weighted by Gasteiger charge is 2.32. The van der Waals surface area contributed by atoms with Crippen molar-refractivity contribution in [1.82, 2.24) is 10.3 Å². The smallest absolute Gasteiger partial charge is 0.325 e. The number of aliphatic hydroxyl groups is 1.